The molecule has 0 bridgehead atoms. The van der Waals surface area contributed by atoms with Gasteiger partial charge in [0.25, 0.3) is 0 Å². The van der Waals surface area contributed by atoms with E-state index in [4.69, 9.17) is 4.74 Å². The van der Waals surface area contributed by atoms with Crippen molar-refractivity contribution >= 4 is 16.5 Å². The van der Waals surface area contributed by atoms with Crippen LogP contribution in [0.25, 0.3) is 10.8 Å². The fourth-order valence-electron chi connectivity index (χ4n) is 3.39. The molecule has 4 nitrogen and oxygen atoms in total. The Labute approximate surface area is 148 Å². The highest BCUT2D eigenvalue weighted by Crippen LogP contribution is 2.25. The van der Waals surface area contributed by atoms with Gasteiger partial charge in [-0.2, -0.15) is 0 Å². The van der Waals surface area contributed by atoms with E-state index in [-0.39, 0.29) is 0 Å². The second-order valence-electron chi connectivity index (χ2n) is 6.36. The summed E-state index contributed by atoms with van der Waals surface area (Å²) in [7, 11) is 0. The smallest absolute Gasteiger partial charge is 0.127 e. The predicted octanol–water partition coefficient (Wildman–Crippen LogP) is 3.44. The lowest BCUT2D eigenvalue weighted by Crippen LogP contribution is -2.47. The van der Waals surface area contributed by atoms with Crippen LogP contribution >= 0.6 is 0 Å². The van der Waals surface area contributed by atoms with E-state index >= 15 is 0 Å². The van der Waals surface area contributed by atoms with Crippen LogP contribution in [-0.4, -0.2) is 49.2 Å². The molecule has 2 aromatic carbocycles. The molecule has 4 rings (SSSR count). The Kier molecular flexibility index (Phi) is 4.79. The molecule has 1 fully saturated rings. The first-order valence-electron chi connectivity index (χ1n) is 8.88. The highest BCUT2D eigenvalue weighted by molar-refractivity contribution is 5.88. The molecule has 128 valence electrons. The Morgan fingerprint density at radius 2 is 1.60 bits per heavy atom. The summed E-state index contributed by atoms with van der Waals surface area (Å²) in [5.41, 5.74) is 1.27. The first-order valence-corrected chi connectivity index (χ1v) is 8.88. The minimum atomic E-state index is 0.725. The average Bonchev–Trinajstić information content (AvgIpc) is 2.69. The van der Waals surface area contributed by atoms with Crippen LogP contribution in [0.5, 0.6) is 5.75 Å². The quantitative estimate of drug-likeness (QED) is 0.715. The van der Waals surface area contributed by atoms with Crippen molar-refractivity contribution in [1.82, 2.24) is 9.88 Å². The van der Waals surface area contributed by atoms with Gasteiger partial charge in [0.15, 0.2) is 0 Å². The maximum absolute atomic E-state index is 6.07. The maximum Gasteiger partial charge on any atom is 0.127 e. The minimum Gasteiger partial charge on any atom is -0.492 e. The summed E-state index contributed by atoms with van der Waals surface area (Å²) in [6.45, 7) is 5.94. The van der Waals surface area contributed by atoms with Gasteiger partial charge < -0.3 is 9.64 Å². The van der Waals surface area contributed by atoms with Gasteiger partial charge in [0.2, 0.25) is 0 Å². The number of hydrogen-bond acceptors (Lipinski definition) is 4. The number of nitrogens with zero attached hydrogens (tertiary/aromatic N) is 3. The molecule has 0 spiro atoms. The van der Waals surface area contributed by atoms with Gasteiger partial charge in [0.05, 0.1) is 0 Å². The molecule has 0 saturated carbocycles. The third kappa shape index (κ3) is 3.74. The molecule has 1 aromatic heterocycles. The summed E-state index contributed by atoms with van der Waals surface area (Å²) in [5, 5.41) is 2.42. The van der Waals surface area contributed by atoms with Crippen molar-refractivity contribution in [2.24, 2.45) is 0 Å². The number of fused-ring (bicyclic) bond motifs is 1. The fourth-order valence-corrected chi connectivity index (χ4v) is 3.39. The van der Waals surface area contributed by atoms with Gasteiger partial charge in [-0.1, -0.05) is 36.4 Å². The third-order valence-corrected chi connectivity index (χ3v) is 4.81. The molecule has 25 heavy (non-hydrogen) atoms. The predicted molar refractivity (Wildman–Crippen MR) is 102 cm³/mol. The maximum atomic E-state index is 6.07. The SMILES string of the molecule is c1ccc2c(OCCN3CCN(c4ccncc4)CC3)cccc2c1. The van der Waals surface area contributed by atoms with Crippen molar-refractivity contribution in [2.75, 3.05) is 44.2 Å². The van der Waals surface area contributed by atoms with E-state index < -0.39 is 0 Å². The normalized spacial score (nSPS) is 15.4. The molecule has 1 aliphatic rings. The Morgan fingerprint density at radius 1 is 0.840 bits per heavy atom. The van der Waals surface area contributed by atoms with Crippen LogP contribution in [-0.2, 0) is 0 Å². The first-order chi connectivity index (χ1) is 12.4. The lowest BCUT2D eigenvalue weighted by molar-refractivity contribution is 0.201. The summed E-state index contributed by atoms with van der Waals surface area (Å²) < 4.78 is 6.07. The standard InChI is InChI=1S/C21H23N3O/c1-2-6-20-18(4-1)5-3-7-21(20)25-17-16-23-12-14-24(15-13-23)19-8-10-22-11-9-19/h1-11H,12-17H2. The second-order valence-corrected chi connectivity index (χ2v) is 6.36. The van der Waals surface area contributed by atoms with Crippen molar-refractivity contribution in [3.05, 3.63) is 67.0 Å². The van der Waals surface area contributed by atoms with Gasteiger partial charge in [-0.3, -0.25) is 9.88 Å². The van der Waals surface area contributed by atoms with Gasteiger partial charge in [0, 0.05) is 56.2 Å². The molecule has 0 aliphatic carbocycles. The summed E-state index contributed by atoms with van der Waals surface area (Å²) in [5.74, 6) is 0.980. The number of benzene rings is 2. The highest BCUT2D eigenvalue weighted by atomic mass is 16.5. The summed E-state index contributed by atoms with van der Waals surface area (Å²) in [4.78, 5) is 8.99. The lowest BCUT2D eigenvalue weighted by Gasteiger charge is -2.35. The van der Waals surface area contributed by atoms with E-state index in [0.717, 1.165) is 45.1 Å². The second kappa shape index (κ2) is 7.53. The van der Waals surface area contributed by atoms with Crippen molar-refractivity contribution in [3.63, 3.8) is 0 Å². The van der Waals surface area contributed by atoms with E-state index in [1.165, 1.54) is 16.5 Å². The van der Waals surface area contributed by atoms with E-state index in [1.54, 1.807) is 0 Å². The van der Waals surface area contributed by atoms with Gasteiger partial charge in [-0.15, -0.1) is 0 Å². The topological polar surface area (TPSA) is 28.6 Å². The van der Waals surface area contributed by atoms with Crippen molar-refractivity contribution in [3.8, 4) is 5.75 Å². The van der Waals surface area contributed by atoms with E-state index in [9.17, 15) is 0 Å². The van der Waals surface area contributed by atoms with Crippen LogP contribution in [0, 0.1) is 0 Å². The van der Waals surface area contributed by atoms with E-state index in [1.807, 2.05) is 12.4 Å². The largest absolute Gasteiger partial charge is 0.492 e. The van der Waals surface area contributed by atoms with Gasteiger partial charge in [0.1, 0.15) is 12.4 Å². The molecular weight excluding hydrogens is 310 g/mol. The molecule has 0 atom stereocenters. The molecule has 0 radical (unpaired) electrons. The molecule has 0 N–H and O–H groups in total. The molecule has 0 unspecified atom stereocenters. The highest BCUT2D eigenvalue weighted by Gasteiger charge is 2.16. The van der Waals surface area contributed by atoms with E-state index in [0.29, 0.717) is 0 Å². The third-order valence-electron chi connectivity index (χ3n) is 4.81. The number of pyridine rings is 1. The molecule has 1 aliphatic heterocycles. The number of piperazine rings is 1. The van der Waals surface area contributed by atoms with Crippen LogP contribution < -0.4 is 9.64 Å². The van der Waals surface area contributed by atoms with Crippen molar-refractivity contribution < 1.29 is 4.74 Å². The number of hydrogen-bond donors (Lipinski definition) is 0. The summed E-state index contributed by atoms with van der Waals surface area (Å²) >= 11 is 0. The first kappa shape index (κ1) is 15.9. The van der Waals surface area contributed by atoms with Gasteiger partial charge in [-0.05, 0) is 23.6 Å². The number of aromatic nitrogens is 1. The molecular formula is C21H23N3O. The molecule has 3 aromatic rings. The number of anilines is 1. The Bertz CT molecular complexity index is 808. The van der Waals surface area contributed by atoms with Crippen molar-refractivity contribution in [1.29, 1.82) is 0 Å². The molecule has 4 heteroatoms. The zero-order valence-electron chi connectivity index (χ0n) is 14.3. The average molecular weight is 333 g/mol. The lowest BCUT2D eigenvalue weighted by atomic mass is 10.1. The Morgan fingerprint density at radius 3 is 2.44 bits per heavy atom. The summed E-state index contributed by atoms with van der Waals surface area (Å²) in [6.07, 6.45) is 3.72. The van der Waals surface area contributed by atoms with E-state index in [2.05, 4.69) is 69.4 Å². The molecule has 0 amide bonds. The minimum absolute atomic E-state index is 0.725. The fraction of sp³-hybridized carbons (Fsp3) is 0.286. The Balaban J connectivity index is 1.28. The van der Waals surface area contributed by atoms with Crippen LogP contribution in [0.2, 0.25) is 0 Å². The monoisotopic (exact) mass is 333 g/mol. The van der Waals surface area contributed by atoms with Crippen LogP contribution in [0.15, 0.2) is 67.0 Å². The van der Waals surface area contributed by atoms with Crippen LogP contribution in [0.1, 0.15) is 0 Å². The molecule has 1 saturated heterocycles. The molecule has 2 heterocycles. The van der Waals surface area contributed by atoms with Crippen LogP contribution in [0.3, 0.4) is 0 Å². The zero-order valence-corrected chi connectivity index (χ0v) is 14.3. The Hall–Kier alpha value is -2.59. The number of rotatable bonds is 5. The number of ether oxygens (including phenoxy) is 1. The summed E-state index contributed by atoms with van der Waals surface area (Å²) in [6, 6.07) is 18.8. The van der Waals surface area contributed by atoms with Crippen molar-refractivity contribution in [2.45, 2.75) is 0 Å². The van der Waals surface area contributed by atoms with Crippen LogP contribution in [0.4, 0.5) is 5.69 Å². The van der Waals surface area contributed by atoms with Gasteiger partial charge >= 0.3 is 0 Å². The zero-order chi connectivity index (χ0) is 16.9. The van der Waals surface area contributed by atoms with Gasteiger partial charge in [-0.25, -0.2) is 0 Å².